The normalized spacial score (nSPS) is 24.9. The number of carbonyl (C=O) groups excluding carboxylic acids is 1. The largest absolute Gasteiger partial charge is 0.482 e. The zero-order valence-electron chi connectivity index (χ0n) is 16.9. The molecule has 0 saturated carbocycles. The molecule has 0 spiro atoms. The molecule has 1 fully saturated rings. The zero-order chi connectivity index (χ0) is 21.3. The van der Waals surface area contributed by atoms with Gasteiger partial charge in [0.25, 0.3) is 0 Å². The number of aliphatic hydroxyl groups excluding tert-OH is 2. The fraction of sp³-hybridized carbons (Fsp3) is 0.571. The molecule has 166 valence electrons. The van der Waals surface area contributed by atoms with Crippen molar-refractivity contribution < 1.29 is 24.5 Å². The van der Waals surface area contributed by atoms with Crippen LogP contribution >= 0.6 is 22.6 Å². The number of nitrogens with one attached hydrogen (secondary N) is 2. The number of nitrogens with zero attached hydrogens (tertiary/aromatic N) is 1. The zero-order valence-corrected chi connectivity index (χ0v) is 19.1. The molecule has 1 aromatic rings. The van der Waals surface area contributed by atoms with Crippen LogP contribution in [0, 0.1) is 3.57 Å². The highest BCUT2D eigenvalue weighted by molar-refractivity contribution is 14.1. The number of carbonyl (C=O) groups is 1. The lowest BCUT2D eigenvalue weighted by atomic mass is 9.89. The minimum atomic E-state index is -0.792. The summed E-state index contributed by atoms with van der Waals surface area (Å²) < 4.78 is 12.4. The van der Waals surface area contributed by atoms with Gasteiger partial charge in [0, 0.05) is 44.3 Å². The van der Waals surface area contributed by atoms with Gasteiger partial charge < -0.3 is 30.3 Å². The third-order valence-corrected chi connectivity index (χ3v) is 6.17. The number of hydrogen-bond acceptors (Lipinski definition) is 7. The lowest BCUT2D eigenvalue weighted by molar-refractivity contribution is -0.118. The van der Waals surface area contributed by atoms with E-state index in [1.807, 2.05) is 24.3 Å². The minimum Gasteiger partial charge on any atom is -0.482 e. The van der Waals surface area contributed by atoms with Gasteiger partial charge in [-0.05, 0) is 47.2 Å². The first-order valence-corrected chi connectivity index (χ1v) is 11.4. The number of para-hydroxylation sites is 1. The summed E-state index contributed by atoms with van der Waals surface area (Å²) in [6.07, 6.45) is 0.652. The molecule has 1 saturated heterocycles. The molecular weight excluding hydrogens is 501 g/mol. The standard InChI is InChI=1S/C21H30IN3O5/c22-16-3-1-2-4-18(16)30-19-14-15(21(28)24-6-10-26)13-17(20(19)27)23-5-7-25-8-11-29-12-9-25/h1-4,14,17,19-20,23,26-27H,5-13H2,(H,24,28). The molecule has 0 aromatic heterocycles. The summed E-state index contributed by atoms with van der Waals surface area (Å²) in [5, 5.41) is 26.1. The van der Waals surface area contributed by atoms with Gasteiger partial charge in [-0.25, -0.2) is 0 Å². The van der Waals surface area contributed by atoms with Gasteiger partial charge in [0.15, 0.2) is 0 Å². The topological polar surface area (TPSA) is 103 Å². The third-order valence-electron chi connectivity index (χ3n) is 5.28. The van der Waals surface area contributed by atoms with Crippen LogP contribution in [0.15, 0.2) is 35.9 Å². The average Bonchev–Trinajstić information content (AvgIpc) is 2.76. The van der Waals surface area contributed by atoms with E-state index in [0.717, 1.165) is 36.4 Å². The van der Waals surface area contributed by atoms with Crippen molar-refractivity contribution in [3.63, 3.8) is 0 Å². The van der Waals surface area contributed by atoms with Crippen LogP contribution < -0.4 is 15.4 Å². The molecule has 4 N–H and O–H groups in total. The Morgan fingerprint density at radius 2 is 2.03 bits per heavy atom. The van der Waals surface area contributed by atoms with Crippen LogP contribution in [0.25, 0.3) is 0 Å². The van der Waals surface area contributed by atoms with Crippen molar-refractivity contribution in [3.05, 3.63) is 39.5 Å². The molecule has 30 heavy (non-hydrogen) atoms. The Bertz CT molecular complexity index is 726. The van der Waals surface area contributed by atoms with Crippen molar-refractivity contribution in [1.29, 1.82) is 0 Å². The molecule has 2 aliphatic rings. The van der Waals surface area contributed by atoms with E-state index < -0.39 is 12.2 Å². The Hall–Kier alpha value is -1.24. The van der Waals surface area contributed by atoms with Crippen molar-refractivity contribution >= 4 is 28.5 Å². The Kier molecular flexibility index (Phi) is 9.34. The predicted molar refractivity (Wildman–Crippen MR) is 121 cm³/mol. The van der Waals surface area contributed by atoms with Crippen LogP contribution in [-0.4, -0.2) is 91.8 Å². The van der Waals surface area contributed by atoms with Crippen molar-refractivity contribution in [2.45, 2.75) is 24.7 Å². The third kappa shape index (κ3) is 6.63. The van der Waals surface area contributed by atoms with E-state index >= 15 is 0 Å². The Balaban J connectivity index is 1.67. The smallest absolute Gasteiger partial charge is 0.247 e. The quantitative estimate of drug-likeness (QED) is 0.336. The van der Waals surface area contributed by atoms with Gasteiger partial charge in [-0.15, -0.1) is 0 Å². The highest BCUT2D eigenvalue weighted by Gasteiger charge is 2.35. The maximum Gasteiger partial charge on any atom is 0.247 e. The molecule has 3 atom stereocenters. The summed E-state index contributed by atoms with van der Waals surface area (Å²) in [4.78, 5) is 14.8. The number of morpholine rings is 1. The summed E-state index contributed by atoms with van der Waals surface area (Å²) in [6, 6.07) is 7.28. The van der Waals surface area contributed by atoms with Gasteiger partial charge in [0.2, 0.25) is 5.91 Å². The number of ether oxygens (including phenoxy) is 2. The van der Waals surface area contributed by atoms with Crippen LogP contribution in [0.1, 0.15) is 6.42 Å². The van der Waals surface area contributed by atoms with Gasteiger partial charge in [0.1, 0.15) is 18.0 Å². The van der Waals surface area contributed by atoms with Crippen molar-refractivity contribution in [1.82, 2.24) is 15.5 Å². The lowest BCUT2D eigenvalue weighted by Crippen LogP contribution is -2.53. The van der Waals surface area contributed by atoms with Crippen LogP contribution in [-0.2, 0) is 9.53 Å². The minimum absolute atomic E-state index is 0.120. The van der Waals surface area contributed by atoms with Gasteiger partial charge >= 0.3 is 0 Å². The summed E-state index contributed by atoms with van der Waals surface area (Å²) in [5.41, 5.74) is 0.550. The van der Waals surface area contributed by atoms with E-state index in [1.165, 1.54) is 0 Å². The van der Waals surface area contributed by atoms with E-state index in [9.17, 15) is 9.90 Å². The highest BCUT2D eigenvalue weighted by atomic mass is 127. The molecule has 9 heteroatoms. The van der Waals surface area contributed by atoms with Crippen LogP contribution in [0.3, 0.4) is 0 Å². The van der Waals surface area contributed by atoms with Crippen molar-refractivity contribution in [2.24, 2.45) is 0 Å². The first kappa shape index (κ1) is 23.4. The molecule has 3 rings (SSSR count). The van der Waals surface area contributed by atoms with Crippen molar-refractivity contribution in [2.75, 3.05) is 52.5 Å². The average molecular weight is 531 g/mol. The Labute approximate surface area is 190 Å². The van der Waals surface area contributed by atoms with E-state index in [4.69, 9.17) is 14.6 Å². The van der Waals surface area contributed by atoms with E-state index in [-0.39, 0.29) is 25.1 Å². The van der Waals surface area contributed by atoms with Crippen molar-refractivity contribution in [3.8, 4) is 5.75 Å². The van der Waals surface area contributed by atoms with Crippen LogP contribution in [0.4, 0.5) is 0 Å². The second-order valence-corrected chi connectivity index (χ2v) is 8.56. The highest BCUT2D eigenvalue weighted by Crippen LogP contribution is 2.27. The molecule has 1 aromatic carbocycles. The number of amides is 1. The van der Waals surface area contributed by atoms with Crippen LogP contribution in [0.2, 0.25) is 0 Å². The van der Waals surface area contributed by atoms with Gasteiger partial charge in [-0.3, -0.25) is 9.69 Å². The fourth-order valence-corrected chi connectivity index (χ4v) is 4.13. The number of aliphatic hydroxyl groups is 2. The van der Waals surface area contributed by atoms with Gasteiger partial charge in [-0.2, -0.15) is 0 Å². The number of halogens is 1. The monoisotopic (exact) mass is 531 g/mol. The molecule has 1 aliphatic carbocycles. The van der Waals surface area contributed by atoms with Crippen LogP contribution in [0.5, 0.6) is 5.75 Å². The first-order valence-electron chi connectivity index (χ1n) is 10.3. The maximum atomic E-state index is 12.5. The maximum absolute atomic E-state index is 12.5. The lowest BCUT2D eigenvalue weighted by Gasteiger charge is -2.35. The second kappa shape index (κ2) is 12.0. The molecule has 1 aliphatic heterocycles. The molecule has 1 amide bonds. The van der Waals surface area contributed by atoms with Gasteiger partial charge in [0.05, 0.1) is 23.4 Å². The Morgan fingerprint density at radius 3 is 2.77 bits per heavy atom. The van der Waals surface area contributed by atoms with Gasteiger partial charge in [-0.1, -0.05) is 12.1 Å². The predicted octanol–water partition coefficient (Wildman–Crippen LogP) is 0.128. The molecule has 1 heterocycles. The molecule has 0 bridgehead atoms. The fourth-order valence-electron chi connectivity index (χ4n) is 3.62. The number of benzene rings is 1. The Morgan fingerprint density at radius 1 is 1.27 bits per heavy atom. The first-order chi connectivity index (χ1) is 14.6. The number of hydrogen-bond donors (Lipinski definition) is 4. The molecule has 8 nitrogen and oxygen atoms in total. The van der Waals surface area contributed by atoms with E-state index in [1.54, 1.807) is 6.08 Å². The molecule has 0 radical (unpaired) electrons. The van der Waals surface area contributed by atoms with E-state index in [0.29, 0.717) is 24.3 Å². The summed E-state index contributed by atoms with van der Waals surface area (Å²) >= 11 is 2.19. The number of rotatable bonds is 9. The van der Waals surface area contributed by atoms with E-state index in [2.05, 4.69) is 38.1 Å². The summed E-state index contributed by atoms with van der Waals surface area (Å²) in [6.45, 7) is 4.92. The summed E-state index contributed by atoms with van der Waals surface area (Å²) in [7, 11) is 0. The molecule has 3 unspecified atom stereocenters. The SMILES string of the molecule is O=C(NCCO)C1=CC(Oc2ccccc2I)C(O)C(NCCN2CCOCC2)C1. The molecular formula is C21H30IN3O5. The summed E-state index contributed by atoms with van der Waals surface area (Å²) in [5.74, 6) is 0.426. The second-order valence-electron chi connectivity index (χ2n) is 7.39.